The topological polar surface area (TPSA) is 9.23 Å². The van der Waals surface area contributed by atoms with Crippen LogP contribution in [0.4, 0.5) is 0 Å². The average molecular weight is 343 g/mol. The second-order valence-electron chi connectivity index (χ2n) is 4.75. The minimum Gasteiger partial charge on any atom is -0.496 e. The van der Waals surface area contributed by atoms with Gasteiger partial charge < -0.3 is 4.74 Å². The number of hydrogen-bond donors (Lipinski definition) is 0. The lowest BCUT2D eigenvalue weighted by molar-refractivity contribution is 0.413. The minimum atomic E-state index is 0.871. The summed E-state index contributed by atoms with van der Waals surface area (Å²) in [6, 6.07) is 15.1. The molecule has 1 nitrogen and oxygen atoms in total. The van der Waals surface area contributed by atoms with Crippen LogP contribution in [-0.2, 0) is 0 Å². The van der Waals surface area contributed by atoms with Crippen molar-refractivity contribution in [1.29, 1.82) is 0 Å². The second-order valence-corrected chi connectivity index (χ2v) is 6.45. The molecule has 0 aliphatic heterocycles. The van der Waals surface area contributed by atoms with Gasteiger partial charge in [-0.1, -0.05) is 24.3 Å². The molecule has 0 aliphatic carbocycles. The zero-order valence-corrected chi connectivity index (χ0v) is 13.2. The molecule has 0 N–H and O–H groups in total. The van der Waals surface area contributed by atoms with Crippen molar-refractivity contribution in [2.45, 2.75) is 0 Å². The van der Waals surface area contributed by atoms with Crippen LogP contribution in [0.3, 0.4) is 0 Å². The van der Waals surface area contributed by atoms with Gasteiger partial charge in [0.25, 0.3) is 0 Å². The van der Waals surface area contributed by atoms with Gasteiger partial charge in [0.05, 0.1) is 11.6 Å². The van der Waals surface area contributed by atoms with Crippen LogP contribution in [0.2, 0.25) is 0 Å². The Morgan fingerprint density at radius 2 is 1.65 bits per heavy atom. The highest BCUT2D eigenvalue weighted by Gasteiger charge is 2.10. The Labute approximate surface area is 128 Å². The first-order valence-corrected chi connectivity index (χ1v) is 8.02. The van der Waals surface area contributed by atoms with E-state index in [1.165, 1.54) is 31.6 Å². The lowest BCUT2D eigenvalue weighted by atomic mass is 10.0. The first-order chi connectivity index (χ1) is 9.79. The van der Waals surface area contributed by atoms with Crippen molar-refractivity contribution >= 4 is 58.9 Å². The second kappa shape index (κ2) is 4.47. The van der Waals surface area contributed by atoms with Crippen LogP contribution in [0, 0.1) is 0 Å². The molecule has 0 unspecified atom stereocenters. The van der Waals surface area contributed by atoms with E-state index in [0.29, 0.717) is 0 Å². The number of thiophene rings is 1. The number of rotatable bonds is 1. The molecule has 1 aromatic heterocycles. The van der Waals surface area contributed by atoms with E-state index in [-0.39, 0.29) is 0 Å². The highest BCUT2D eigenvalue weighted by Crippen LogP contribution is 2.40. The molecule has 0 atom stereocenters. The lowest BCUT2D eigenvalue weighted by Crippen LogP contribution is -1.86. The third-order valence-electron chi connectivity index (χ3n) is 3.72. The van der Waals surface area contributed by atoms with Crippen molar-refractivity contribution in [1.82, 2.24) is 0 Å². The maximum absolute atomic E-state index is 5.39. The molecule has 20 heavy (non-hydrogen) atoms. The van der Waals surface area contributed by atoms with Crippen LogP contribution in [0.5, 0.6) is 5.75 Å². The molecular formula is C17H11BrOS. The van der Waals surface area contributed by atoms with Gasteiger partial charge >= 0.3 is 0 Å². The summed E-state index contributed by atoms with van der Waals surface area (Å²) in [5.41, 5.74) is 0. The van der Waals surface area contributed by atoms with Crippen LogP contribution < -0.4 is 4.74 Å². The number of benzene rings is 3. The van der Waals surface area contributed by atoms with Gasteiger partial charge in [0.1, 0.15) is 5.75 Å². The van der Waals surface area contributed by atoms with Gasteiger partial charge in [-0.05, 0) is 55.7 Å². The fourth-order valence-electron chi connectivity index (χ4n) is 2.75. The summed E-state index contributed by atoms with van der Waals surface area (Å²) >= 11 is 5.46. The molecule has 0 bridgehead atoms. The first kappa shape index (κ1) is 12.2. The van der Waals surface area contributed by atoms with Crippen molar-refractivity contribution in [3.8, 4) is 5.75 Å². The molecule has 98 valence electrons. The van der Waals surface area contributed by atoms with E-state index in [1.807, 2.05) is 6.07 Å². The van der Waals surface area contributed by atoms with E-state index < -0.39 is 0 Å². The normalized spacial score (nSPS) is 11.5. The molecule has 4 rings (SSSR count). The molecule has 0 saturated heterocycles. The van der Waals surface area contributed by atoms with Crippen molar-refractivity contribution in [3.63, 3.8) is 0 Å². The summed E-state index contributed by atoms with van der Waals surface area (Å²) in [5.74, 6) is 0.871. The molecular weight excluding hydrogens is 332 g/mol. The van der Waals surface area contributed by atoms with E-state index in [2.05, 4.69) is 57.7 Å². The van der Waals surface area contributed by atoms with Crippen LogP contribution in [0.15, 0.2) is 52.3 Å². The van der Waals surface area contributed by atoms with Gasteiger partial charge in [0.15, 0.2) is 0 Å². The molecule has 0 spiro atoms. The fourth-order valence-corrected chi connectivity index (χ4v) is 4.36. The SMILES string of the molecule is COc1ccc2c(ccc3ccc4ccsc4c32)c1Br. The van der Waals surface area contributed by atoms with Gasteiger partial charge in [-0.2, -0.15) is 0 Å². The van der Waals surface area contributed by atoms with Crippen LogP contribution in [0.1, 0.15) is 0 Å². The smallest absolute Gasteiger partial charge is 0.133 e. The summed E-state index contributed by atoms with van der Waals surface area (Å²) in [6.07, 6.45) is 0. The quantitative estimate of drug-likeness (QED) is 0.386. The average Bonchev–Trinajstić information content (AvgIpc) is 2.95. The largest absolute Gasteiger partial charge is 0.496 e. The summed E-state index contributed by atoms with van der Waals surface area (Å²) in [4.78, 5) is 0. The Balaban J connectivity index is 2.28. The molecule has 4 aromatic rings. The van der Waals surface area contributed by atoms with E-state index >= 15 is 0 Å². The number of halogens is 1. The monoisotopic (exact) mass is 342 g/mol. The van der Waals surface area contributed by atoms with Crippen molar-refractivity contribution < 1.29 is 4.74 Å². The van der Waals surface area contributed by atoms with Crippen LogP contribution >= 0.6 is 27.3 Å². The zero-order valence-electron chi connectivity index (χ0n) is 10.8. The van der Waals surface area contributed by atoms with Gasteiger partial charge in [-0.15, -0.1) is 11.3 Å². The highest BCUT2D eigenvalue weighted by molar-refractivity contribution is 9.10. The molecule has 0 amide bonds. The standard InChI is InChI=1S/C17H11BrOS/c1-19-14-7-6-12-13(16(14)18)5-4-10-2-3-11-8-9-20-17(11)15(10)12/h2-9H,1H3. The van der Waals surface area contributed by atoms with E-state index in [0.717, 1.165) is 10.2 Å². The summed E-state index contributed by atoms with van der Waals surface area (Å²) in [6.45, 7) is 0. The number of hydrogen-bond acceptors (Lipinski definition) is 2. The van der Waals surface area contributed by atoms with Crippen LogP contribution in [0.25, 0.3) is 31.6 Å². The molecule has 3 heteroatoms. The summed E-state index contributed by atoms with van der Waals surface area (Å²) in [7, 11) is 1.70. The van der Waals surface area contributed by atoms with Gasteiger partial charge in [-0.25, -0.2) is 0 Å². The van der Waals surface area contributed by atoms with E-state index in [1.54, 1.807) is 18.4 Å². The predicted molar refractivity (Wildman–Crippen MR) is 91.1 cm³/mol. The van der Waals surface area contributed by atoms with Gasteiger partial charge in [0, 0.05) is 15.5 Å². The Morgan fingerprint density at radius 1 is 0.900 bits per heavy atom. The Bertz CT molecular complexity index is 955. The third kappa shape index (κ3) is 1.60. The zero-order chi connectivity index (χ0) is 13.7. The molecule has 1 heterocycles. The third-order valence-corrected chi connectivity index (χ3v) is 5.48. The van der Waals surface area contributed by atoms with Gasteiger partial charge in [-0.3, -0.25) is 0 Å². The Kier molecular flexibility index (Phi) is 2.72. The predicted octanol–water partition coefficient (Wildman–Crippen LogP) is 5.98. The number of ether oxygens (including phenoxy) is 1. The molecule has 3 aromatic carbocycles. The molecule has 0 saturated carbocycles. The Hall–Kier alpha value is -1.58. The summed E-state index contributed by atoms with van der Waals surface area (Å²) < 4.78 is 7.77. The maximum Gasteiger partial charge on any atom is 0.133 e. The van der Waals surface area contributed by atoms with Crippen molar-refractivity contribution in [2.24, 2.45) is 0 Å². The molecule has 0 fully saturated rings. The fraction of sp³-hybridized carbons (Fsp3) is 0.0588. The highest BCUT2D eigenvalue weighted by atomic mass is 79.9. The van der Waals surface area contributed by atoms with E-state index in [4.69, 9.17) is 4.74 Å². The van der Waals surface area contributed by atoms with Gasteiger partial charge in [0.2, 0.25) is 0 Å². The molecule has 0 radical (unpaired) electrons. The number of fused-ring (bicyclic) bond motifs is 5. The number of methoxy groups -OCH3 is 1. The van der Waals surface area contributed by atoms with Crippen molar-refractivity contribution in [3.05, 3.63) is 52.3 Å². The van der Waals surface area contributed by atoms with Crippen LogP contribution in [-0.4, -0.2) is 7.11 Å². The maximum atomic E-state index is 5.39. The lowest BCUT2D eigenvalue weighted by Gasteiger charge is -2.10. The van der Waals surface area contributed by atoms with E-state index in [9.17, 15) is 0 Å². The minimum absolute atomic E-state index is 0.871. The summed E-state index contributed by atoms with van der Waals surface area (Å²) in [5, 5.41) is 8.53. The first-order valence-electron chi connectivity index (χ1n) is 6.35. The van der Waals surface area contributed by atoms with Crippen molar-refractivity contribution in [2.75, 3.05) is 7.11 Å². The Morgan fingerprint density at radius 3 is 2.50 bits per heavy atom. The molecule has 0 aliphatic rings.